The number of aryl methyl sites for hydroxylation is 1. The normalized spacial score (nSPS) is 20.7. The highest BCUT2D eigenvalue weighted by Crippen LogP contribution is 2.45. The first kappa shape index (κ1) is 22.3. The number of benzene rings is 3. The number of aliphatic hydroxyl groups excluding tert-OH is 1. The van der Waals surface area contributed by atoms with Gasteiger partial charge in [-0.3, -0.25) is 14.5 Å². The Morgan fingerprint density at radius 1 is 1.08 bits per heavy atom. The Labute approximate surface area is 210 Å². The number of anilines is 1. The largest absolute Gasteiger partial charge is 0.508 e. The molecule has 2 N–H and O–H groups in total. The fourth-order valence-electron chi connectivity index (χ4n) is 4.85. The molecule has 1 aromatic heterocycles. The minimum absolute atomic E-state index is 0.0203. The Morgan fingerprint density at radius 3 is 2.64 bits per heavy atom. The van der Waals surface area contributed by atoms with Crippen molar-refractivity contribution in [2.24, 2.45) is 0 Å². The van der Waals surface area contributed by atoms with Crippen molar-refractivity contribution in [2.45, 2.75) is 32.4 Å². The number of ether oxygens (including phenoxy) is 1. The van der Waals surface area contributed by atoms with Crippen molar-refractivity contribution in [1.82, 2.24) is 4.98 Å². The summed E-state index contributed by atoms with van der Waals surface area (Å²) in [6.45, 7) is 3.94. The van der Waals surface area contributed by atoms with Gasteiger partial charge in [0.25, 0.3) is 5.78 Å². The first-order valence-corrected chi connectivity index (χ1v) is 12.4. The number of rotatable bonds is 3. The number of hydrogen-bond acceptors (Lipinski definition) is 7. The minimum atomic E-state index is -0.907. The summed E-state index contributed by atoms with van der Waals surface area (Å²) in [5, 5.41) is 21.6. The Balaban J connectivity index is 1.53. The average molecular weight is 499 g/mol. The maximum Gasteiger partial charge on any atom is 0.301 e. The Hall–Kier alpha value is -4.17. The third kappa shape index (κ3) is 3.53. The van der Waals surface area contributed by atoms with Gasteiger partial charge >= 0.3 is 5.91 Å². The van der Waals surface area contributed by atoms with E-state index >= 15 is 0 Å². The SMILES string of the molecule is Cc1ccc2nc(N3C(=O)C(=O)C(=C(O)c4ccc5c(c4)C[C@@H](C)O5)[C@@H]3c3ccc(O)cc3)sc2c1. The van der Waals surface area contributed by atoms with Gasteiger partial charge in [-0.25, -0.2) is 4.98 Å². The number of thiazole rings is 1. The zero-order chi connectivity index (χ0) is 25.1. The summed E-state index contributed by atoms with van der Waals surface area (Å²) in [5.74, 6) is -0.999. The molecule has 4 aromatic rings. The van der Waals surface area contributed by atoms with Gasteiger partial charge in [0.15, 0.2) is 5.13 Å². The van der Waals surface area contributed by atoms with Gasteiger partial charge in [0.1, 0.15) is 23.4 Å². The number of aromatic hydroxyl groups is 1. The molecular formula is C28H22N2O5S. The van der Waals surface area contributed by atoms with E-state index in [0.717, 1.165) is 27.1 Å². The quantitative estimate of drug-likeness (QED) is 0.227. The smallest absolute Gasteiger partial charge is 0.301 e. The van der Waals surface area contributed by atoms with Crippen LogP contribution in [0.1, 0.15) is 35.2 Å². The first-order valence-electron chi connectivity index (χ1n) is 11.6. The topological polar surface area (TPSA) is 100.0 Å². The molecule has 8 heteroatoms. The van der Waals surface area contributed by atoms with E-state index in [4.69, 9.17) is 4.74 Å². The molecule has 6 rings (SSSR count). The lowest BCUT2D eigenvalue weighted by Crippen LogP contribution is -2.29. The summed E-state index contributed by atoms with van der Waals surface area (Å²) in [4.78, 5) is 32.8. The van der Waals surface area contributed by atoms with E-state index in [1.165, 1.54) is 28.4 Å². The molecule has 2 aliphatic rings. The average Bonchev–Trinajstić information content (AvgIpc) is 3.51. The van der Waals surface area contributed by atoms with Crippen LogP contribution in [0.15, 0.2) is 66.2 Å². The second-order valence-electron chi connectivity index (χ2n) is 9.18. The molecule has 180 valence electrons. The van der Waals surface area contributed by atoms with E-state index in [1.54, 1.807) is 30.3 Å². The number of phenols is 1. The van der Waals surface area contributed by atoms with Crippen LogP contribution in [0.5, 0.6) is 11.5 Å². The van der Waals surface area contributed by atoms with Crippen LogP contribution in [0.4, 0.5) is 5.13 Å². The maximum absolute atomic E-state index is 13.4. The van der Waals surface area contributed by atoms with E-state index < -0.39 is 17.7 Å². The Kier molecular flexibility index (Phi) is 5.08. The van der Waals surface area contributed by atoms with Crippen molar-refractivity contribution in [3.05, 3.63) is 88.5 Å². The highest BCUT2D eigenvalue weighted by Gasteiger charge is 2.48. The van der Waals surface area contributed by atoms with Gasteiger partial charge < -0.3 is 14.9 Å². The number of phenolic OH excluding ortho intramolecular Hbond substituents is 1. The van der Waals surface area contributed by atoms with Crippen molar-refractivity contribution >= 4 is 44.1 Å². The fraction of sp³-hybridized carbons (Fsp3) is 0.179. The summed E-state index contributed by atoms with van der Waals surface area (Å²) in [6, 6.07) is 16.4. The maximum atomic E-state index is 13.4. The number of ketones is 1. The van der Waals surface area contributed by atoms with Gasteiger partial charge in [0, 0.05) is 12.0 Å². The Bertz CT molecular complexity index is 1590. The molecule has 0 saturated carbocycles. The molecule has 0 radical (unpaired) electrons. The molecule has 0 aliphatic carbocycles. The number of nitrogens with zero attached hydrogens (tertiary/aromatic N) is 2. The molecule has 3 heterocycles. The minimum Gasteiger partial charge on any atom is -0.508 e. The predicted molar refractivity (Wildman–Crippen MR) is 137 cm³/mol. The van der Waals surface area contributed by atoms with Gasteiger partial charge in [-0.1, -0.05) is 29.5 Å². The fourth-order valence-corrected chi connectivity index (χ4v) is 5.94. The lowest BCUT2D eigenvalue weighted by Gasteiger charge is -2.23. The molecule has 0 spiro atoms. The van der Waals surface area contributed by atoms with Crippen LogP contribution in [0.25, 0.3) is 16.0 Å². The summed E-state index contributed by atoms with van der Waals surface area (Å²) in [5.41, 5.74) is 3.70. The number of hydrogen-bond donors (Lipinski definition) is 2. The third-order valence-electron chi connectivity index (χ3n) is 6.56. The monoisotopic (exact) mass is 498 g/mol. The van der Waals surface area contributed by atoms with Crippen LogP contribution in [0, 0.1) is 6.92 Å². The van der Waals surface area contributed by atoms with Crippen molar-refractivity contribution in [3.8, 4) is 11.5 Å². The van der Waals surface area contributed by atoms with Crippen molar-refractivity contribution in [1.29, 1.82) is 0 Å². The van der Waals surface area contributed by atoms with Gasteiger partial charge in [-0.2, -0.15) is 0 Å². The summed E-state index contributed by atoms with van der Waals surface area (Å²) < 4.78 is 6.65. The number of aromatic nitrogens is 1. The Morgan fingerprint density at radius 2 is 1.86 bits per heavy atom. The molecule has 36 heavy (non-hydrogen) atoms. The molecular weight excluding hydrogens is 476 g/mol. The summed E-state index contributed by atoms with van der Waals surface area (Å²) in [6.07, 6.45) is 0.722. The number of aliphatic hydroxyl groups is 1. The molecule has 0 unspecified atom stereocenters. The van der Waals surface area contributed by atoms with Crippen molar-refractivity contribution < 1.29 is 24.5 Å². The predicted octanol–water partition coefficient (Wildman–Crippen LogP) is 5.26. The van der Waals surface area contributed by atoms with Gasteiger partial charge in [0.2, 0.25) is 0 Å². The number of Topliss-reactive ketones (excluding diaryl/α,β-unsaturated/α-hetero) is 1. The summed E-state index contributed by atoms with van der Waals surface area (Å²) in [7, 11) is 0. The van der Waals surface area contributed by atoms with E-state index in [9.17, 15) is 19.8 Å². The third-order valence-corrected chi connectivity index (χ3v) is 7.58. The van der Waals surface area contributed by atoms with E-state index in [-0.39, 0.29) is 23.2 Å². The van der Waals surface area contributed by atoms with E-state index in [2.05, 4.69) is 4.98 Å². The van der Waals surface area contributed by atoms with Crippen LogP contribution in [-0.2, 0) is 16.0 Å². The number of amides is 1. The van der Waals surface area contributed by atoms with Gasteiger partial charge in [-0.05, 0) is 73.0 Å². The summed E-state index contributed by atoms with van der Waals surface area (Å²) >= 11 is 1.31. The zero-order valence-electron chi connectivity index (χ0n) is 19.6. The number of carbonyl (C=O) groups is 2. The van der Waals surface area contributed by atoms with E-state index in [0.29, 0.717) is 22.7 Å². The lowest BCUT2D eigenvalue weighted by molar-refractivity contribution is -0.132. The highest BCUT2D eigenvalue weighted by molar-refractivity contribution is 7.22. The second kappa shape index (κ2) is 8.20. The molecule has 1 amide bonds. The van der Waals surface area contributed by atoms with Crippen LogP contribution < -0.4 is 9.64 Å². The van der Waals surface area contributed by atoms with Crippen molar-refractivity contribution in [2.75, 3.05) is 4.90 Å². The lowest BCUT2D eigenvalue weighted by atomic mass is 9.94. The van der Waals surface area contributed by atoms with Crippen molar-refractivity contribution in [3.63, 3.8) is 0 Å². The molecule has 2 atom stereocenters. The van der Waals surface area contributed by atoms with Crippen LogP contribution >= 0.6 is 11.3 Å². The zero-order valence-corrected chi connectivity index (χ0v) is 20.4. The number of carbonyl (C=O) groups excluding carboxylic acids is 2. The first-order chi connectivity index (χ1) is 17.3. The second-order valence-corrected chi connectivity index (χ2v) is 10.2. The molecule has 7 nitrogen and oxygen atoms in total. The molecule has 1 fully saturated rings. The molecule has 0 bridgehead atoms. The van der Waals surface area contributed by atoms with Gasteiger partial charge in [-0.15, -0.1) is 0 Å². The molecule has 1 saturated heterocycles. The number of fused-ring (bicyclic) bond motifs is 2. The van der Waals surface area contributed by atoms with E-state index in [1.807, 2.05) is 32.0 Å². The molecule has 3 aromatic carbocycles. The standard InChI is InChI=1S/C28H22N2O5S/c1-14-3-9-20-22(11-14)36-28(29-20)30-24(16-4-7-19(31)8-5-16)23(26(33)27(30)34)25(32)17-6-10-21-18(13-17)12-15(2)35-21/h3-11,13,15,24,31-32H,12H2,1-2H3/t15-,24+/m1/s1. The van der Waals surface area contributed by atoms with Gasteiger partial charge in [0.05, 0.1) is 21.8 Å². The van der Waals surface area contributed by atoms with Crippen LogP contribution in [0.2, 0.25) is 0 Å². The van der Waals surface area contributed by atoms with Crippen LogP contribution in [-0.4, -0.2) is 33.0 Å². The van der Waals surface area contributed by atoms with Crippen LogP contribution in [0.3, 0.4) is 0 Å². The highest BCUT2D eigenvalue weighted by atomic mass is 32.1. The molecule has 2 aliphatic heterocycles.